The van der Waals surface area contributed by atoms with Gasteiger partial charge in [0.15, 0.2) is 0 Å². The molecule has 0 radical (unpaired) electrons. The van der Waals surface area contributed by atoms with Crippen molar-refractivity contribution in [3.8, 4) is 0 Å². The second-order valence-corrected chi connectivity index (χ2v) is 3.82. The van der Waals surface area contributed by atoms with Crippen molar-refractivity contribution in [1.29, 1.82) is 0 Å². The van der Waals surface area contributed by atoms with Crippen LogP contribution in [-0.4, -0.2) is 32.6 Å². The van der Waals surface area contributed by atoms with Crippen LogP contribution in [0.15, 0.2) is 0 Å². The SMILES string of the molecule is COCCOC(=O)CCC(C)(C)C=O. The van der Waals surface area contributed by atoms with Crippen molar-refractivity contribution >= 4 is 12.3 Å². The van der Waals surface area contributed by atoms with E-state index in [1.807, 2.05) is 0 Å². The van der Waals surface area contributed by atoms with Crippen molar-refractivity contribution < 1.29 is 19.1 Å². The minimum Gasteiger partial charge on any atom is -0.463 e. The molecule has 0 aromatic rings. The van der Waals surface area contributed by atoms with Crippen LogP contribution < -0.4 is 0 Å². The highest BCUT2D eigenvalue weighted by atomic mass is 16.6. The van der Waals surface area contributed by atoms with Gasteiger partial charge in [0, 0.05) is 18.9 Å². The molecular weight excluding hydrogens is 184 g/mol. The van der Waals surface area contributed by atoms with Crippen LogP contribution in [0.2, 0.25) is 0 Å². The fraction of sp³-hybridized carbons (Fsp3) is 0.800. The van der Waals surface area contributed by atoms with Gasteiger partial charge in [-0.3, -0.25) is 4.79 Å². The van der Waals surface area contributed by atoms with Gasteiger partial charge in [0.25, 0.3) is 0 Å². The van der Waals surface area contributed by atoms with Crippen molar-refractivity contribution in [3.05, 3.63) is 0 Å². The normalized spacial score (nSPS) is 11.1. The molecule has 0 N–H and O–H groups in total. The van der Waals surface area contributed by atoms with Crippen LogP contribution in [-0.2, 0) is 19.1 Å². The van der Waals surface area contributed by atoms with E-state index in [0.29, 0.717) is 13.0 Å². The summed E-state index contributed by atoms with van der Waals surface area (Å²) in [5.74, 6) is -0.281. The predicted molar refractivity (Wildman–Crippen MR) is 51.9 cm³/mol. The molecular formula is C10H18O4. The van der Waals surface area contributed by atoms with Crippen molar-refractivity contribution in [2.45, 2.75) is 26.7 Å². The first kappa shape index (κ1) is 13.1. The number of carbonyl (C=O) groups is 2. The predicted octanol–water partition coefficient (Wildman–Crippen LogP) is 1.18. The first-order valence-corrected chi connectivity index (χ1v) is 4.63. The van der Waals surface area contributed by atoms with Crippen molar-refractivity contribution in [3.63, 3.8) is 0 Å². The monoisotopic (exact) mass is 202 g/mol. The molecule has 0 spiro atoms. The van der Waals surface area contributed by atoms with Gasteiger partial charge in [-0.25, -0.2) is 0 Å². The molecule has 0 aromatic carbocycles. The second-order valence-electron chi connectivity index (χ2n) is 3.82. The van der Waals surface area contributed by atoms with Crippen LogP contribution in [0, 0.1) is 5.41 Å². The number of methoxy groups -OCH3 is 1. The van der Waals surface area contributed by atoms with Crippen LogP contribution in [0.3, 0.4) is 0 Å². The topological polar surface area (TPSA) is 52.6 Å². The van der Waals surface area contributed by atoms with Crippen LogP contribution >= 0.6 is 0 Å². The van der Waals surface area contributed by atoms with Crippen molar-refractivity contribution in [2.24, 2.45) is 5.41 Å². The summed E-state index contributed by atoms with van der Waals surface area (Å²) >= 11 is 0. The van der Waals surface area contributed by atoms with Crippen LogP contribution in [0.5, 0.6) is 0 Å². The minimum absolute atomic E-state index is 0.273. The van der Waals surface area contributed by atoms with Crippen LogP contribution in [0.1, 0.15) is 26.7 Å². The molecule has 0 aromatic heterocycles. The molecule has 0 aliphatic rings. The number of rotatable bonds is 7. The highest BCUT2D eigenvalue weighted by Gasteiger charge is 2.18. The van der Waals surface area contributed by atoms with E-state index in [0.717, 1.165) is 6.29 Å². The van der Waals surface area contributed by atoms with E-state index in [-0.39, 0.29) is 19.0 Å². The number of aldehydes is 1. The highest BCUT2D eigenvalue weighted by molar-refractivity contribution is 5.70. The summed E-state index contributed by atoms with van der Waals surface area (Å²) in [5, 5.41) is 0. The van der Waals surface area contributed by atoms with E-state index in [4.69, 9.17) is 9.47 Å². The van der Waals surface area contributed by atoms with Crippen LogP contribution in [0.4, 0.5) is 0 Å². The zero-order valence-electron chi connectivity index (χ0n) is 9.04. The molecule has 0 saturated heterocycles. The zero-order valence-corrected chi connectivity index (χ0v) is 9.04. The average Bonchev–Trinajstić information content (AvgIpc) is 2.16. The molecule has 0 saturated carbocycles. The summed E-state index contributed by atoms with van der Waals surface area (Å²) in [5.41, 5.74) is -0.444. The lowest BCUT2D eigenvalue weighted by Crippen LogP contribution is -2.17. The average molecular weight is 202 g/mol. The fourth-order valence-electron chi connectivity index (χ4n) is 0.794. The lowest BCUT2D eigenvalue weighted by atomic mass is 9.90. The lowest BCUT2D eigenvalue weighted by molar-refractivity contribution is -0.145. The number of esters is 1. The summed E-state index contributed by atoms with van der Waals surface area (Å²) in [6.07, 6.45) is 1.65. The van der Waals surface area contributed by atoms with Gasteiger partial charge in [0.05, 0.1) is 6.61 Å². The quantitative estimate of drug-likeness (QED) is 0.353. The first-order valence-electron chi connectivity index (χ1n) is 4.63. The number of ether oxygens (including phenoxy) is 2. The summed E-state index contributed by atoms with van der Waals surface area (Å²) < 4.78 is 9.57. The van der Waals surface area contributed by atoms with E-state index in [1.165, 1.54) is 0 Å². The molecule has 4 nitrogen and oxygen atoms in total. The van der Waals surface area contributed by atoms with Gasteiger partial charge in [-0.05, 0) is 6.42 Å². The second kappa shape index (κ2) is 6.54. The van der Waals surface area contributed by atoms with Gasteiger partial charge < -0.3 is 14.3 Å². The molecule has 0 unspecified atom stereocenters. The number of hydrogen-bond donors (Lipinski definition) is 0. The molecule has 0 aliphatic heterocycles. The third-order valence-electron chi connectivity index (χ3n) is 1.84. The maximum absolute atomic E-state index is 11.1. The van der Waals surface area contributed by atoms with E-state index >= 15 is 0 Å². The molecule has 0 aliphatic carbocycles. The zero-order chi connectivity index (χ0) is 11.0. The summed E-state index contributed by atoms with van der Waals surface area (Å²) in [7, 11) is 1.54. The van der Waals surface area contributed by atoms with Gasteiger partial charge >= 0.3 is 5.97 Å². The minimum atomic E-state index is -0.444. The highest BCUT2D eigenvalue weighted by Crippen LogP contribution is 2.18. The largest absolute Gasteiger partial charge is 0.463 e. The Morgan fingerprint density at radius 1 is 1.36 bits per heavy atom. The van der Waals surface area contributed by atoms with Gasteiger partial charge in [0.1, 0.15) is 12.9 Å². The Balaban J connectivity index is 3.58. The summed E-state index contributed by atoms with van der Waals surface area (Å²) in [6, 6.07) is 0. The Morgan fingerprint density at radius 3 is 2.50 bits per heavy atom. The van der Waals surface area contributed by atoms with Gasteiger partial charge in [0.2, 0.25) is 0 Å². The molecule has 0 atom stereocenters. The lowest BCUT2D eigenvalue weighted by Gasteiger charge is -2.15. The fourth-order valence-corrected chi connectivity index (χ4v) is 0.794. The first-order chi connectivity index (χ1) is 6.52. The smallest absolute Gasteiger partial charge is 0.305 e. The third kappa shape index (κ3) is 6.60. The number of carbonyl (C=O) groups excluding carboxylic acids is 2. The molecule has 0 fully saturated rings. The Morgan fingerprint density at radius 2 is 2.00 bits per heavy atom. The molecule has 4 heteroatoms. The van der Waals surface area contributed by atoms with E-state index in [9.17, 15) is 9.59 Å². The maximum Gasteiger partial charge on any atom is 0.305 e. The van der Waals surface area contributed by atoms with Crippen LogP contribution in [0.25, 0.3) is 0 Å². The Bertz CT molecular complexity index is 187. The van der Waals surface area contributed by atoms with Gasteiger partial charge in [-0.1, -0.05) is 13.8 Å². The molecule has 0 rings (SSSR count). The molecule has 14 heavy (non-hydrogen) atoms. The van der Waals surface area contributed by atoms with E-state index < -0.39 is 5.41 Å². The molecule has 82 valence electrons. The maximum atomic E-state index is 11.1. The summed E-state index contributed by atoms with van der Waals surface area (Å²) in [6.45, 7) is 4.27. The Kier molecular flexibility index (Phi) is 6.12. The van der Waals surface area contributed by atoms with Gasteiger partial charge in [-0.2, -0.15) is 0 Å². The Hall–Kier alpha value is -0.900. The van der Waals surface area contributed by atoms with E-state index in [1.54, 1.807) is 21.0 Å². The molecule has 0 bridgehead atoms. The van der Waals surface area contributed by atoms with Gasteiger partial charge in [-0.15, -0.1) is 0 Å². The molecule has 0 heterocycles. The third-order valence-corrected chi connectivity index (χ3v) is 1.84. The van der Waals surface area contributed by atoms with Crippen molar-refractivity contribution in [2.75, 3.05) is 20.3 Å². The van der Waals surface area contributed by atoms with E-state index in [2.05, 4.69) is 0 Å². The summed E-state index contributed by atoms with van der Waals surface area (Å²) in [4.78, 5) is 21.6. The van der Waals surface area contributed by atoms with Crippen molar-refractivity contribution in [1.82, 2.24) is 0 Å². The molecule has 0 amide bonds. The standard InChI is InChI=1S/C10H18O4/c1-10(2,8-11)5-4-9(12)14-7-6-13-3/h8H,4-7H2,1-3H3. The Labute approximate surface area is 84.6 Å². The number of hydrogen-bond acceptors (Lipinski definition) is 4.